The van der Waals surface area contributed by atoms with E-state index < -0.39 is 11.8 Å². The fourth-order valence-electron chi connectivity index (χ4n) is 1.04. The second-order valence-electron chi connectivity index (χ2n) is 3.01. The van der Waals surface area contributed by atoms with E-state index in [2.05, 4.69) is 10.6 Å². The normalized spacial score (nSPS) is 9.40. The number of carbonyl (C=O) groups is 2. The predicted molar refractivity (Wildman–Crippen MR) is 55.4 cm³/mol. The Morgan fingerprint density at radius 1 is 1.40 bits per heavy atom. The SMILES string of the molecule is CC(=O)NC(=O)CNc1cccc(O)c1. The van der Waals surface area contributed by atoms with Gasteiger partial charge in [-0.3, -0.25) is 14.9 Å². The van der Waals surface area contributed by atoms with Crippen molar-refractivity contribution in [2.24, 2.45) is 0 Å². The van der Waals surface area contributed by atoms with E-state index in [0.29, 0.717) is 5.69 Å². The highest BCUT2D eigenvalue weighted by Crippen LogP contribution is 2.14. The van der Waals surface area contributed by atoms with Gasteiger partial charge in [-0.05, 0) is 12.1 Å². The number of anilines is 1. The molecule has 0 heterocycles. The largest absolute Gasteiger partial charge is 0.508 e. The maximum atomic E-state index is 11.1. The first-order chi connectivity index (χ1) is 7.08. The van der Waals surface area contributed by atoms with Gasteiger partial charge in [-0.25, -0.2) is 0 Å². The summed E-state index contributed by atoms with van der Waals surface area (Å²) in [6.45, 7) is 1.26. The molecule has 0 aliphatic rings. The second kappa shape index (κ2) is 4.99. The number of hydrogen-bond donors (Lipinski definition) is 3. The number of rotatable bonds is 3. The third-order valence-corrected chi connectivity index (χ3v) is 1.61. The highest BCUT2D eigenvalue weighted by Gasteiger charge is 2.02. The lowest BCUT2D eigenvalue weighted by Crippen LogP contribution is -2.33. The van der Waals surface area contributed by atoms with E-state index in [-0.39, 0.29) is 12.3 Å². The molecule has 0 radical (unpaired) electrons. The third-order valence-electron chi connectivity index (χ3n) is 1.61. The Balaban J connectivity index is 2.43. The molecule has 0 bridgehead atoms. The van der Waals surface area contributed by atoms with Crippen LogP contribution < -0.4 is 10.6 Å². The fraction of sp³-hybridized carbons (Fsp3) is 0.200. The van der Waals surface area contributed by atoms with Crippen molar-refractivity contribution in [3.63, 3.8) is 0 Å². The van der Waals surface area contributed by atoms with Crippen molar-refractivity contribution in [3.8, 4) is 5.75 Å². The van der Waals surface area contributed by atoms with Crippen LogP contribution in [-0.4, -0.2) is 23.5 Å². The van der Waals surface area contributed by atoms with E-state index in [1.54, 1.807) is 12.1 Å². The smallest absolute Gasteiger partial charge is 0.245 e. The summed E-state index contributed by atoms with van der Waals surface area (Å²) in [5, 5.41) is 14.0. The molecule has 2 amide bonds. The Labute approximate surface area is 87.1 Å². The number of carbonyl (C=O) groups excluding carboxylic acids is 2. The monoisotopic (exact) mass is 208 g/mol. The van der Waals surface area contributed by atoms with Crippen molar-refractivity contribution in [1.29, 1.82) is 0 Å². The van der Waals surface area contributed by atoms with Gasteiger partial charge in [-0.2, -0.15) is 0 Å². The minimum Gasteiger partial charge on any atom is -0.508 e. The fourth-order valence-corrected chi connectivity index (χ4v) is 1.04. The van der Waals surface area contributed by atoms with Gasteiger partial charge in [0.05, 0.1) is 6.54 Å². The molecular formula is C10H12N2O3. The molecule has 5 heteroatoms. The number of benzene rings is 1. The molecule has 15 heavy (non-hydrogen) atoms. The Hall–Kier alpha value is -2.04. The third kappa shape index (κ3) is 4.12. The minimum absolute atomic E-state index is 0.0109. The Kier molecular flexibility index (Phi) is 3.68. The molecular weight excluding hydrogens is 196 g/mol. The molecule has 0 aliphatic carbocycles. The quantitative estimate of drug-likeness (QED) is 0.674. The summed E-state index contributed by atoms with van der Waals surface area (Å²) in [7, 11) is 0. The zero-order chi connectivity index (χ0) is 11.3. The highest BCUT2D eigenvalue weighted by molar-refractivity contribution is 5.95. The molecule has 0 aromatic heterocycles. The highest BCUT2D eigenvalue weighted by atomic mass is 16.3. The van der Waals surface area contributed by atoms with Crippen LogP contribution in [0.25, 0.3) is 0 Å². The van der Waals surface area contributed by atoms with Crippen LogP contribution in [0.1, 0.15) is 6.92 Å². The zero-order valence-corrected chi connectivity index (χ0v) is 8.28. The van der Waals surface area contributed by atoms with Crippen LogP contribution in [0.4, 0.5) is 5.69 Å². The van der Waals surface area contributed by atoms with Gasteiger partial charge in [-0.1, -0.05) is 6.07 Å². The number of aromatic hydroxyl groups is 1. The molecule has 5 nitrogen and oxygen atoms in total. The summed E-state index contributed by atoms with van der Waals surface area (Å²) in [6.07, 6.45) is 0. The summed E-state index contributed by atoms with van der Waals surface area (Å²) in [5.41, 5.74) is 0.619. The van der Waals surface area contributed by atoms with Crippen LogP contribution in [0, 0.1) is 0 Å². The first-order valence-corrected chi connectivity index (χ1v) is 4.41. The number of nitrogens with one attached hydrogen (secondary N) is 2. The van der Waals surface area contributed by atoms with Crippen LogP contribution in [0.5, 0.6) is 5.75 Å². The van der Waals surface area contributed by atoms with E-state index in [0.717, 1.165) is 0 Å². The van der Waals surface area contributed by atoms with Gasteiger partial charge in [0.2, 0.25) is 11.8 Å². The second-order valence-corrected chi connectivity index (χ2v) is 3.01. The lowest BCUT2D eigenvalue weighted by molar-refractivity contribution is -0.128. The van der Waals surface area contributed by atoms with Gasteiger partial charge in [0.25, 0.3) is 0 Å². The van der Waals surface area contributed by atoms with Crippen molar-refractivity contribution in [2.75, 3.05) is 11.9 Å². The molecule has 0 saturated carbocycles. The first-order valence-electron chi connectivity index (χ1n) is 4.41. The van der Waals surface area contributed by atoms with Gasteiger partial charge in [0.1, 0.15) is 5.75 Å². The van der Waals surface area contributed by atoms with Crippen molar-refractivity contribution >= 4 is 17.5 Å². The molecule has 0 unspecified atom stereocenters. The molecule has 1 aromatic carbocycles. The molecule has 0 spiro atoms. The summed E-state index contributed by atoms with van der Waals surface area (Å²) in [5.74, 6) is -0.685. The van der Waals surface area contributed by atoms with Crippen molar-refractivity contribution in [3.05, 3.63) is 24.3 Å². The number of phenols is 1. The van der Waals surface area contributed by atoms with Crippen LogP contribution >= 0.6 is 0 Å². The van der Waals surface area contributed by atoms with E-state index in [1.807, 2.05) is 0 Å². The maximum absolute atomic E-state index is 11.1. The number of amides is 2. The van der Waals surface area contributed by atoms with Crippen LogP contribution in [0.3, 0.4) is 0 Å². The molecule has 1 aromatic rings. The van der Waals surface area contributed by atoms with Crippen molar-refractivity contribution in [2.45, 2.75) is 6.92 Å². The maximum Gasteiger partial charge on any atom is 0.245 e. The van der Waals surface area contributed by atoms with Gasteiger partial charge in [0.15, 0.2) is 0 Å². The van der Waals surface area contributed by atoms with E-state index >= 15 is 0 Å². The minimum atomic E-state index is -0.411. The Bertz CT molecular complexity index is 377. The van der Waals surface area contributed by atoms with Crippen molar-refractivity contribution in [1.82, 2.24) is 5.32 Å². The average Bonchev–Trinajstić information content (AvgIpc) is 2.14. The van der Waals surface area contributed by atoms with Gasteiger partial charge in [0, 0.05) is 18.7 Å². The van der Waals surface area contributed by atoms with Crippen LogP contribution in [0.2, 0.25) is 0 Å². The molecule has 1 rings (SSSR count). The molecule has 0 saturated heterocycles. The van der Waals surface area contributed by atoms with Crippen molar-refractivity contribution < 1.29 is 14.7 Å². The van der Waals surface area contributed by atoms with E-state index in [4.69, 9.17) is 5.11 Å². The molecule has 0 aliphatic heterocycles. The summed E-state index contributed by atoms with van der Waals surface area (Å²) in [4.78, 5) is 21.6. The van der Waals surface area contributed by atoms with Crippen LogP contribution in [0.15, 0.2) is 24.3 Å². The average molecular weight is 208 g/mol. The Morgan fingerprint density at radius 2 is 2.13 bits per heavy atom. The number of phenolic OH excluding ortho intramolecular Hbond substituents is 1. The number of hydrogen-bond acceptors (Lipinski definition) is 4. The molecule has 0 atom stereocenters. The standard InChI is InChI=1S/C10H12N2O3/c1-7(13)12-10(15)6-11-8-3-2-4-9(14)5-8/h2-5,11,14H,6H2,1H3,(H,12,13,15). The number of imide groups is 1. The predicted octanol–water partition coefficient (Wildman–Crippen LogP) is 0.467. The van der Waals surface area contributed by atoms with Gasteiger partial charge >= 0.3 is 0 Å². The van der Waals surface area contributed by atoms with E-state index in [1.165, 1.54) is 19.1 Å². The first kappa shape index (κ1) is 11.0. The summed E-state index contributed by atoms with van der Waals surface area (Å²) < 4.78 is 0. The zero-order valence-electron chi connectivity index (χ0n) is 8.28. The summed E-state index contributed by atoms with van der Waals surface area (Å²) in [6, 6.07) is 6.38. The molecule has 3 N–H and O–H groups in total. The Morgan fingerprint density at radius 3 is 2.73 bits per heavy atom. The molecule has 0 fully saturated rings. The van der Waals surface area contributed by atoms with Gasteiger partial charge in [-0.15, -0.1) is 0 Å². The topological polar surface area (TPSA) is 78.4 Å². The molecule has 80 valence electrons. The lowest BCUT2D eigenvalue weighted by Gasteiger charge is -2.05. The van der Waals surface area contributed by atoms with Gasteiger partial charge < -0.3 is 10.4 Å². The van der Waals surface area contributed by atoms with E-state index in [9.17, 15) is 9.59 Å². The lowest BCUT2D eigenvalue weighted by atomic mass is 10.3. The van der Waals surface area contributed by atoms with Crippen LogP contribution in [-0.2, 0) is 9.59 Å². The summed E-state index contributed by atoms with van der Waals surface area (Å²) >= 11 is 0.